The Bertz CT molecular complexity index is 1450. The number of aliphatic hydroxyl groups excluding tert-OH is 2. The van der Waals surface area contributed by atoms with Gasteiger partial charge in [-0.25, -0.2) is 4.79 Å². The Labute approximate surface area is 252 Å². The molecule has 3 saturated carbocycles. The van der Waals surface area contributed by atoms with Gasteiger partial charge in [-0.2, -0.15) is 0 Å². The normalized spacial score (nSPS) is 46.3. The van der Waals surface area contributed by atoms with Crippen molar-refractivity contribution in [3.63, 3.8) is 0 Å². The van der Waals surface area contributed by atoms with Crippen molar-refractivity contribution in [1.29, 1.82) is 0 Å². The molecule has 8 heteroatoms. The van der Waals surface area contributed by atoms with Crippen LogP contribution in [0.1, 0.15) is 75.7 Å². The van der Waals surface area contributed by atoms with Crippen LogP contribution in [0.5, 0.6) is 0 Å². The van der Waals surface area contributed by atoms with Crippen LogP contribution >= 0.6 is 0 Å². The largest absolute Gasteiger partial charge is 0.472 e. The lowest BCUT2D eigenvalue weighted by Gasteiger charge is -2.69. The van der Waals surface area contributed by atoms with Crippen molar-refractivity contribution in [2.45, 2.75) is 90.3 Å². The van der Waals surface area contributed by atoms with E-state index in [1.54, 1.807) is 36.8 Å². The molecular formula is C35H42O8. The van der Waals surface area contributed by atoms with E-state index < -0.39 is 58.1 Å². The second-order valence-electron chi connectivity index (χ2n) is 14.5. The van der Waals surface area contributed by atoms with E-state index in [1.807, 2.05) is 19.1 Å². The fourth-order valence-electron chi connectivity index (χ4n) is 10.7. The van der Waals surface area contributed by atoms with E-state index in [0.29, 0.717) is 25.0 Å². The number of hydrogen-bond donors (Lipinski definition) is 2. The lowest BCUT2D eigenvalue weighted by molar-refractivity contribution is -0.265. The van der Waals surface area contributed by atoms with E-state index >= 15 is 0 Å². The quantitative estimate of drug-likeness (QED) is 0.376. The van der Waals surface area contributed by atoms with Crippen LogP contribution in [0.3, 0.4) is 0 Å². The molecule has 0 amide bonds. The first-order chi connectivity index (χ1) is 20.4. The molecule has 7 rings (SSSR count). The molecule has 2 unspecified atom stereocenters. The predicted molar refractivity (Wildman–Crippen MR) is 156 cm³/mol. The van der Waals surface area contributed by atoms with E-state index in [2.05, 4.69) is 26.8 Å². The SMILES string of the molecule is CC(=O)OC1C[C@H]2[C@](C)(C3=CC[C@@H](c4ccoc4)[C@@]31C)[C@H](O)[C@@H]1OC[C@@]3(C)C1[C@]2(C)[C@@H](OC(=O)c1ccccc1)C[C@H]3O. The Morgan fingerprint density at radius 2 is 1.70 bits per heavy atom. The monoisotopic (exact) mass is 590 g/mol. The van der Waals surface area contributed by atoms with Crippen LogP contribution in [0.15, 0.2) is 65.0 Å². The lowest BCUT2D eigenvalue weighted by Crippen LogP contribution is -2.74. The van der Waals surface area contributed by atoms with Crippen LogP contribution in [-0.2, 0) is 19.0 Å². The van der Waals surface area contributed by atoms with Crippen molar-refractivity contribution in [3.05, 3.63) is 71.7 Å². The van der Waals surface area contributed by atoms with Gasteiger partial charge >= 0.3 is 11.9 Å². The van der Waals surface area contributed by atoms with E-state index in [1.165, 1.54) is 6.92 Å². The van der Waals surface area contributed by atoms with Gasteiger partial charge in [-0.1, -0.05) is 57.5 Å². The highest BCUT2D eigenvalue weighted by Gasteiger charge is 2.78. The molecule has 0 spiro atoms. The van der Waals surface area contributed by atoms with Crippen LogP contribution in [0.4, 0.5) is 0 Å². The third kappa shape index (κ3) is 3.66. The molecule has 43 heavy (non-hydrogen) atoms. The number of hydrogen-bond acceptors (Lipinski definition) is 8. The smallest absolute Gasteiger partial charge is 0.338 e. The third-order valence-electron chi connectivity index (χ3n) is 12.7. The second kappa shape index (κ2) is 9.53. The number of rotatable bonds is 4. The van der Waals surface area contributed by atoms with Crippen LogP contribution in [0.25, 0.3) is 0 Å². The molecule has 2 heterocycles. The second-order valence-corrected chi connectivity index (χ2v) is 14.5. The molecule has 2 N–H and O–H groups in total. The predicted octanol–water partition coefficient (Wildman–Crippen LogP) is 5.05. The minimum atomic E-state index is -0.875. The van der Waals surface area contributed by atoms with Crippen LogP contribution in [-0.4, -0.2) is 59.3 Å². The molecule has 4 aliphatic carbocycles. The molecule has 1 saturated heterocycles. The summed E-state index contributed by atoms with van der Waals surface area (Å²) in [6.45, 7) is 10.2. The zero-order valence-corrected chi connectivity index (χ0v) is 25.5. The number of carbonyl (C=O) groups excluding carboxylic acids is 2. The molecule has 0 bridgehead atoms. The molecule has 12 atom stereocenters. The fraction of sp³-hybridized carbons (Fsp3) is 0.600. The van der Waals surface area contributed by atoms with Gasteiger partial charge in [0, 0.05) is 46.8 Å². The summed E-state index contributed by atoms with van der Waals surface area (Å²) in [5, 5.41) is 24.0. The van der Waals surface area contributed by atoms with E-state index in [4.69, 9.17) is 18.6 Å². The summed E-state index contributed by atoms with van der Waals surface area (Å²) >= 11 is 0. The molecule has 0 radical (unpaired) electrons. The summed E-state index contributed by atoms with van der Waals surface area (Å²) in [7, 11) is 0. The minimum absolute atomic E-state index is 0.00393. The summed E-state index contributed by atoms with van der Waals surface area (Å²) in [5.41, 5.74) is -0.190. The first-order valence-corrected chi connectivity index (χ1v) is 15.5. The number of ether oxygens (including phenoxy) is 3. The average molecular weight is 591 g/mol. The van der Waals surface area contributed by atoms with E-state index in [9.17, 15) is 19.8 Å². The topological polar surface area (TPSA) is 115 Å². The van der Waals surface area contributed by atoms with Gasteiger partial charge < -0.3 is 28.8 Å². The number of esters is 2. The summed E-state index contributed by atoms with van der Waals surface area (Å²) in [6, 6.07) is 10.9. The highest BCUT2D eigenvalue weighted by atomic mass is 16.6. The first-order valence-electron chi connectivity index (χ1n) is 15.5. The van der Waals surface area contributed by atoms with Gasteiger partial charge in [0.1, 0.15) is 12.2 Å². The summed E-state index contributed by atoms with van der Waals surface area (Å²) in [6.07, 6.45) is 3.74. The lowest BCUT2D eigenvalue weighted by atomic mass is 9.36. The molecule has 1 aromatic heterocycles. The van der Waals surface area contributed by atoms with Crippen molar-refractivity contribution in [2.24, 2.45) is 33.5 Å². The van der Waals surface area contributed by atoms with Crippen molar-refractivity contribution < 1.29 is 38.4 Å². The number of aliphatic hydroxyl groups is 2. The molecule has 8 nitrogen and oxygen atoms in total. The Morgan fingerprint density at radius 3 is 2.37 bits per heavy atom. The highest BCUT2D eigenvalue weighted by molar-refractivity contribution is 5.89. The van der Waals surface area contributed by atoms with Gasteiger partial charge in [0.25, 0.3) is 0 Å². The average Bonchev–Trinajstić information content (AvgIpc) is 3.71. The van der Waals surface area contributed by atoms with Gasteiger partial charge in [0.15, 0.2) is 0 Å². The Balaban J connectivity index is 1.38. The molecule has 1 aromatic carbocycles. The van der Waals surface area contributed by atoms with Gasteiger partial charge in [0.05, 0.1) is 43.0 Å². The Kier molecular flexibility index (Phi) is 6.38. The summed E-state index contributed by atoms with van der Waals surface area (Å²) < 4.78 is 24.5. The number of furan rings is 1. The van der Waals surface area contributed by atoms with Gasteiger partial charge in [0.2, 0.25) is 0 Å². The Morgan fingerprint density at radius 1 is 0.953 bits per heavy atom. The van der Waals surface area contributed by atoms with Crippen LogP contribution in [0, 0.1) is 33.5 Å². The van der Waals surface area contributed by atoms with Gasteiger partial charge in [-0.05, 0) is 42.5 Å². The summed E-state index contributed by atoms with van der Waals surface area (Å²) in [4.78, 5) is 26.2. The van der Waals surface area contributed by atoms with Crippen molar-refractivity contribution in [2.75, 3.05) is 6.61 Å². The highest BCUT2D eigenvalue weighted by Crippen LogP contribution is 2.75. The molecule has 1 aliphatic heterocycles. The third-order valence-corrected chi connectivity index (χ3v) is 12.7. The van der Waals surface area contributed by atoms with Gasteiger partial charge in [-0.15, -0.1) is 0 Å². The number of benzene rings is 1. The van der Waals surface area contributed by atoms with Crippen molar-refractivity contribution in [3.8, 4) is 0 Å². The molecule has 4 fully saturated rings. The minimum Gasteiger partial charge on any atom is -0.472 e. The van der Waals surface area contributed by atoms with Crippen LogP contribution < -0.4 is 0 Å². The fourth-order valence-corrected chi connectivity index (χ4v) is 10.7. The number of carbonyl (C=O) groups is 2. The zero-order valence-electron chi connectivity index (χ0n) is 25.5. The van der Waals surface area contributed by atoms with E-state index in [-0.39, 0.29) is 30.1 Å². The van der Waals surface area contributed by atoms with Crippen molar-refractivity contribution in [1.82, 2.24) is 0 Å². The molecule has 2 aromatic rings. The molecule has 5 aliphatic rings. The summed E-state index contributed by atoms with van der Waals surface area (Å²) in [5.74, 6) is -1.34. The van der Waals surface area contributed by atoms with Crippen LogP contribution in [0.2, 0.25) is 0 Å². The number of fused-ring (bicyclic) bond motifs is 4. The first kappa shape index (κ1) is 28.8. The van der Waals surface area contributed by atoms with E-state index in [0.717, 1.165) is 11.1 Å². The number of allylic oxidation sites excluding steroid dienone is 1. The maximum Gasteiger partial charge on any atom is 0.338 e. The standard InChI is InChI=1S/C35H42O8/c1-19(36)42-26-15-24-34(4,23-12-11-22(33(23,26)3)21-13-14-40-17-21)30(38)28-29-32(2,18-41-28)25(37)16-27(35(24,29)5)43-31(39)20-9-7-6-8-10-20/h6-10,12-14,17,22,24-30,37-38H,11,15-16,18H2,1-5H3/t22-,24-,25+,26?,27-,28+,29?,30+,32+,33-,34-,35-/m0/s1. The molecule has 230 valence electrons. The maximum atomic E-state index is 13.5. The zero-order chi connectivity index (χ0) is 30.5. The maximum absolute atomic E-state index is 13.5. The Hall–Kier alpha value is -2.94. The molecular weight excluding hydrogens is 548 g/mol. The van der Waals surface area contributed by atoms with Crippen molar-refractivity contribution >= 4 is 11.9 Å². The van der Waals surface area contributed by atoms with Gasteiger partial charge in [-0.3, -0.25) is 4.79 Å².